The number of rotatable bonds is 6. The number of thioether (sulfide) groups is 1. The summed E-state index contributed by atoms with van der Waals surface area (Å²) < 4.78 is 10.8. The fourth-order valence-electron chi connectivity index (χ4n) is 3.08. The monoisotopic (exact) mass is 386 g/mol. The Hall–Kier alpha value is -2.54. The number of esters is 1. The van der Waals surface area contributed by atoms with Crippen molar-refractivity contribution in [3.05, 3.63) is 53.8 Å². The van der Waals surface area contributed by atoms with Crippen LogP contribution >= 0.6 is 11.8 Å². The molecule has 0 saturated carbocycles. The maximum absolute atomic E-state index is 12.7. The minimum Gasteiger partial charge on any atom is -0.490 e. The normalized spacial score (nSPS) is 19.3. The molecule has 2 aliphatic rings. The Morgan fingerprint density at radius 2 is 2.15 bits per heavy atom. The SMILES string of the molecule is C=CCOc1ccc([C@@H]2C(C(=O)OCC)=C(C)N=C3SCCC(=O)N32)cc1. The van der Waals surface area contributed by atoms with Crippen molar-refractivity contribution in [3.8, 4) is 5.75 Å². The highest BCUT2D eigenvalue weighted by Crippen LogP contribution is 2.40. The number of carbonyl (C=O) groups excluding carboxylic acids is 2. The van der Waals surface area contributed by atoms with E-state index in [-0.39, 0.29) is 12.5 Å². The molecule has 142 valence electrons. The highest BCUT2D eigenvalue weighted by Gasteiger charge is 2.41. The van der Waals surface area contributed by atoms with Crippen LogP contribution in [0.4, 0.5) is 0 Å². The lowest BCUT2D eigenvalue weighted by Crippen LogP contribution is -2.45. The number of allylic oxidation sites excluding steroid dienone is 1. The van der Waals surface area contributed by atoms with E-state index in [0.29, 0.717) is 41.0 Å². The summed E-state index contributed by atoms with van der Waals surface area (Å²) in [5, 5.41) is 0.633. The summed E-state index contributed by atoms with van der Waals surface area (Å²) in [5.41, 5.74) is 1.79. The standard InChI is InChI=1S/C20H22N2O4S/c1-4-11-26-15-8-6-14(7-9-15)18-17(19(24)25-5-2)13(3)21-20-22(18)16(23)10-12-27-20/h4,6-9,18H,1,5,10-12H2,2-3H3/t18-/m1/s1. The summed E-state index contributed by atoms with van der Waals surface area (Å²) in [5.74, 6) is 0.898. The van der Waals surface area contributed by atoms with Crippen LogP contribution in [0.3, 0.4) is 0 Å². The van der Waals surface area contributed by atoms with Gasteiger partial charge in [-0.3, -0.25) is 9.69 Å². The van der Waals surface area contributed by atoms with Gasteiger partial charge in [0.2, 0.25) is 5.91 Å². The molecule has 0 spiro atoms. The van der Waals surface area contributed by atoms with E-state index in [1.807, 2.05) is 24.3 Å². The van der Waals surface area contributed by atoms with Crippen LogP contribution in [-0.2, 0) is 14.3 Å². The van der Waals surface area contributed by atoms with Crippen molar-refractivity contribution in [1.82, 2.24) is 4.90 Å². The van der Waals surface area contributed by atoms with Crippen LogP contribution in [0, 0.1) is 0 Å². The third-order valence-electron chi connectivity index (χ3n) is 4.27. The summed E-state index contributed by atoms with van der Waals surface area (Å²) in [4.78, 5) is 31.4. The Kier molecular flexibility index (Phi) is 6.01. The lowest BCUT2D eigenvalue weighted by atomic mass is 9.94. The molecule has 2 heterocycles. The van der Waals surface area contributed by atoms with Gasteiger partial charge in [-0.05, 0) is 31.5 Å². The Morgan fingerprint density at radius 1 is 1.41 bits per heavy atom. The molecule has 7 heteroatoms. The molecule has 2 aliphatic heterocycles. The molecular weight excluding hydrogens is 364 g/mol. The average molecular weight is 386 g/mol. The first kappa shape index (κ1) is 19.2. The van der Waals surface area contributed by atoms with Gasteiger partial charge in [0.25, 0.3) is 0 Å². The second-order valence-electron chi connectivity index (χ2n) is 6.05. The number of hydrogen-bond acceptors (Lipinski definition) is 6. The highest BCUT2D eigenvalue weighted by molar-refractivity contribution is 8.14. The van der Waals surface area contributed by atoms with Crippen LogP contribution in [0.1, 0.15) is 31.9 Å². The van der Waals surface area contributed by atoms with Crippen LogP contribution in [0.15, 0.2) is 53.2 Å². The van der Waals surface area contributed by atoms with Crippen molar-refractivity contribution in [1.29, 1.82) is 0 Å². The molecule has 0 radical (unpaired) electrons. The Balaban J connectivity index is 2.04. The zero-order valence-corrected chi connectivity index (χ0v) is 16.3. The molecule has 1 aromatic carbocycles. The summed E-state index contributed by atoms with van der Waals surface area (Å²) >= 11 is 1.53. The first-order valence-electron chi connectivity index (χ1n) is 8.82. The molecule has 0 unspecified atom stereocenters. The van der Waals surface area contributed by atoms with Gasteiger partial charge in [0.1, 0.15) is 12.4 Å². The Labute approximate surface area is 162 Å². The molecule has 1 aromatic rings. The summed E-state index contributed by atoms with van der Waals surface area (Å²) in [6, 6.07) is 6.83. The van der Waals surface area contributed by atoms with E-state index in [1.54, 1.807) is 24.8 Å². The number of nitrogens with zero attached hydrogens (tertiary/aromatic N) is 2. The van der Waals surface area contributed by atoms with Crippen LogP contribution in [0.5, 0.6) is 5.75 Å². The van der Waals surface area contributed by atoms with Crippen molar-refractivity contribution >= 4 is 28.8 Å². The third-order valence-corrected chi connectivity index (χ3v) is 5.22. The largest absolute Gasteiger partial charge is 0.490 e. The molecule has 6 nitrogen and oxygen atoms in total. The van der Waals surface area contributed by atoms with Crippen molar-refractivity contribution in [2.24, 2.45) is 4.99 Å². The molecule has 27 heavy (non-hydrogen) atoms. The van der Waals surface area contributed by atoms with Crippen LogP contribution in [0.2, 0.25) is 0 Å². The molecule has 0 bridgehead atoms. The maximum Gasteiger partial charge on any atom is 0.338 e. The van der Waals surface area contributed by atoms with Gasteiger partial charge < -0.3 is 9.47 Å². The number of amidine groups is 1. The average Bonchev–Trinajstić information content (AvgIpc) is 2.66. The molecule has 1 fully saturated rings. The van der Waals surface area contributed by atoms with E-state index in [2.05, 4.69) is 11.6 Å². The second-order valence-corrected chi connectivity index (χ2v) is 7.11. The maximum atomic E-state index is 12.7. The van der Waals surface area contributed by atoms with Gasteiger partial charge in [-0.1, -0.05) is 36.5 Å². The molecule has 0 N–H and O–H groups in total. The minimum atomic E-state index is -0.551. The number of aliphatic imine (C=N–C) groups is 1. The van der Waals surface area contributed by atoms with Gasteiger partial charge in [-0.2, -0.15) is 0 Å². The smallest absolute Gasteiger partial charge is 0.338 e. The number of carbonyl (C=O) groups is 2. The predicted molar refractivity (Wildman–Crippen MR) is 106 cm³/mol. The molecule has 0 aliphatic carbocycles. The van der Waals surface area contributed by atoms with E-state index in [9.17, 15) is 9.59 Å². The van der Waals surface area contributed by atoms with E-state index >= 15 is 0 Å². The van der Waals surface area contributed by atoms with Gasteiger partial charge in [-0.25, -0.2) is 9.79 Å². The van der Waals surface area contributed by atoms with E-state index in [4.69, 9.17) is 9.47 Å². The van der Waals surface area contributed by atoms with Gasteiger partial charge in [0.15, 0.2) is 5.17 Å². The van der Waals surface area contributed by atoms with Crippen molar-refractivity contribution in [2.75, 3.05) is 19.0 Å². The van der Waals surface area contributed by atoms with Crippen LogP contribution in [0.25, 0.3) is 0 Å². The molecule has 1 amide bonds. The molecule has 3 rings (SSSR count). The second kappa shape index (κ2) is 8.43. The van der Waals surface area contributed by atoms with Gasteiger partial charge in [0, 0.05) is 12.2 Å². The first-order chi connectivity index (χ1) is 13.1. The lowest BCUT2D eigenvalue weighted by Gasteiger charge is -2.38. The Morgan fingerprint density at radius 3 is 2.81 bits per heavy atom. The molecule has 0 aromatic heterocycles. The van der Waals surface area contributed by atoms with E-state index < -0.39 is 12.0 Å². The zero-order valence-electron chi connectivity index (χ0n) is 15.4. The molecular formula is C20H22N2O4S. The number of amides is 1. The Bertz CT molecular complexity index is 814. The topological polar surface area (TPSA) is 68.2 Å². The lowest BCUT2D eigenvalue weighted by molar-refractivity contribution is -0.139. The fourth-order valence-corrected chi connectivity index (χ4v) is 4.09. The predicted octanol–water partition coefficient (Wildman–Crippen LogP) is 3.46. The molecule has 1 atom stereocenters. The third kappa shape index (κ3) is 3.93. The highest BCUT2D eigenvalue weighted by atomic mass is 32.2. The van der Waals surface area contributed by atoms with Crippen LogP contribution < -0.4 is 4.74 Å². The summed E-state index contributed by atoms with van der Waals surface area (Å²) in [6.07, 6.45) is 2.09. The number of benzene rings is 1. The first-order valence-corrected chi connectivity index (χ1v) is 9.80. The summed E-state index contributed by atoms with van der Waals surface area (Å²) in [7, 11) is 0. The fraction of sp³-hybridized carbons (Fsp3) is 0.350. The zero-order chi connectivity index (χ0) is 19.4. The van der Waals surface area contributed by atoms with Gasteiger partial charge in [-0.15, -0.1) is 0 Å². The van der Waals surface area contributed by atoms with E-state index in [1.165, 1.54) is 11.8 Å². The van der Waals surface area contributed by atoms with Gasteiger partial charge in [0.05, 0.1) is 23.9 Å². The quantitative estimate of drug-likeness (QED) is 0.553. The van der Waals surface area contributed by atoms with Crippen molar-refractivity contribution in [3.63, 3.8) is 0 Å². The number of ether oxygens (including phenoxy) is 2. The summed E-state index contributed by atoms with van der Waals surface area (Å²) in [6.45, 7) is 7.84. The van der Waals surface area contributed by atoms with Crippen molar-refractivity contribution < 1.29 is 19.1 Å². The van der Waals surface area contributed by atoms with Gasteiger partial charge >= 0.3 is 5.97 Å². The van der Waals surface area contributed by atoms with Crippen LogP contribution in [-0.4, -0.2) is 40.9 Å². The van der Waals surface area contributed by atoms with Crippen molar-refractivity contribution in [2.45, 2.75) is 26.3 Å². The molecule has 1 saturated heterocycles. The number of fused-ring (bicyclic) bond motifs is 1. The minimum absolute atomic E-state index is 0.0428. The number of hydrogen-bond donors (Lipinski definition) is 0. The van der Waals surface area contributed by atoms with E-state index in [0.717, 1.165) is 5.56 Å².